The molecular weight excluding hydrogens is 290 g/mol. The second-order valence-corrected chi connectivity index (χ2v) is 5.63. The summed E-state index contributed by atoms with van der Waals surface area (Å²) in [7, 11) is 0. The average molecular weight is 305 g/mol. The number of carbonyl (C=O) groups excluding carboxylic acids is 1. The third kappa shape index (κ3) is 3.52. The van der Waals surface area contributed by atoms with Crippen LogP contribution in [0.25, 0.3) is 0 Å². The monoisotopic (exact) mass is 305 g/mol. The zero-order chi connectivity index (χ0) is 14.5. The first-order valence-electron chi connectivity index (χ1n) is 6.65. The van der Waals surface area contributed by atoms with Crippen LogP contribution in [0.15, 0.2) is 34.3 Å². The molecule has 1 saturated heterocycles. The van der Waals surface area contributed by atoms with E-state index in [1.807, 2.05) is 22.4 Å². The molecule has 1 unspecified atom stereocenters. The molecule has 7 nitrogen and oxygen atoms in total. The molecule has 8 heteroatoms. The molecule has 1 amide bonds. The molecule has 0 aliphatic carbocycles. The molecule has 0 saturated carbocycles. The van der Waals surface area contributed by atoms with Crippen molar-refractivity contribution >= 4 is 17.7 Å². The summed E-state index contributed by atoms with van der Waals surface area (Å²) >= 11 is 1.54. The van der Waals surface area contributed by atoms with Crippen molar-refractivity contribution in [3.05, 3.63) is 41.5 Å². The van der Waals surface area contributed by atoms with Gasteiger partial charge in [-0.2, -0.15) is 5.21 Å². The van der Waals surface area contributed by atoms with Gasteiger partial charge in [-0.05, 0) is 24.0 Å². The van der Waals surface area contributed by atoms with E-state index < -0.39 is 0 Å². The predicted octanol–water partition coefficient (Wildman–Crippen LogP) is 1.56. The van der Waals surface area contributed by atoms with Gasteiger partial charge in [0.2, 0.25) is 5.91 Å². The van der Waals surface area contributed by atoms with Crippen molar-refractivity contribution in [3.63, 3.8) is 0 Å². The molecule has 1 N–H and O–H groups in total. The Morgan fingerprint density at radius 1 is 1.62 bits per heavy atom. The minimum atomic E-state index is 0.0212. The Hall–Kier alpha value is -2.09. The number of nitrogens with zero attached hydrogens (tertiary/aromatic N) is 4. The Labute approximate surface area is 125 Å². The number of hydrogen-bond acceptors (Lipinski definition) is 6. The van der Waals surface area contributed by atoms with E-state index in [1.165, 1.54) is 11.8 Å². The molecule has 3 rings (SSSR count). The SMILES string of the molecule is O=C(/C=C/SCc1ccco1)N1CCC(c2nn[nH]n2)C1. The molecule has 0 radical (unpaired) electrons. The van der Waals surface area contributed by atoms with Crippen LogP contribution in [0.1, 0.15) is 23.9 Å². The maximum Gasteiger partial charge on any atom is 0.247 e. The summed E-state index contributed by atoms with van der Waals surface area (Å²) in [6.07, 6.45) is 4.12. The molecule has 1 aliphatic heterocycles. The first-order chi connectivity index (χ1) is 10.3. The van der Waals surface area contributed by atoms with Gasteiger partial charge in [-0.25, -0.2) is 0 Å². The number of amides is 1. The van der Waals surface area contributed by atoms with E-state index in [4.69, 9.17) is 4.42 Å². The van der Waals surface area contributed by atoms with E-state index in [1.54, 1.807) is 12.3 Å². The summed E-state index contributed by atoms with van der Waals surface area (Å²) in [6.45, 7) is 1.37. The molecular formula is C13H15N5O2S. The van der Waals surface area contributed by atoms with E-state index >= 15 is 0 Å². The van der Waals surface area contributed by atoms with Gasteiger partial charge in [0.1, 0.15) is 5.76 Å². The van der Waals surface area contributed by atoms with Gasteiger partial charge in [0, 0.05) is 25.1 Å². The van der Waals surface area contributed by atoms with Crippen molar-refractivity contribution in [2.75, 3.05) is 13.1 Å². The highest BCUT2D eigenvalue weighted by Gasteiger charge is 2.28. The van der Waals surface area contributed by atoms with E-state index in [2.05, 4.69) is 20.6 Å². The molecule has 0 bridgehead atoms. The minimum Gasteiger partial charge on any atom is -0.468 e. The van der Waals surface area contributed by atoms with Gasteiger partial charge in [0.15, 0.2) is 5.82 Å². The summed E-state index contributed by atoms with van der Waals surface area (Å²) in [4.78, 5) is 13.9. The van der Waals surface area contributed by atoms with Gasteiger partial charge >= 0.3 is 0 Å². The number of nitrogens with one attached hydrogen (secondary N) is 1. The van der Waals surface area contributed by atoms with Gasteiger partial charge < -0.3 is 9.32 Å². The quantitative estimate of drug-likeness (QED) is 0.843. The van der Waals surface area contributed by atoms with Crippen molar-refractivity contribution in [3.8, 4) is 0 Å². The smallest absolute Gasteiger partial charge is 0.247 e. The van der Waals surface area contributed by atoms with Gasteiger partial charge in [-0.1, -0.05) is 5.21 Å². The lowest BCUT2D eigenvalue weighted by Crippen LogP contribution is -2.26. The molecule has 2 aromatic rings. The highest BCUT2D eigenvalue weighted by atomic mass is 32.2. The van der Waals surface area contributed by atoms with Crippen LogP contribution in [-0.4, -0.2) is 44.5 Å². The lowest BCUT2D eigenvalue weighted by molar-refractivity contribution is -0.125. The third-order valence-corrected chi connectivity index (χ3v) is 4.12. The highest BCUT2D eigenvalue weighted by Crippen LogP contribution is 2.24. The number of aromatic amines is 1. The molecule has 1 fully saturated rings. The van der Waals surface area contributed by atoms with Crippen LogP contribution in [0.4, 0.5) is 0 Å². The third-order valence-electron chi connectivity index (χ3n) is 3.34. The number of furan rings is 1. The zero-order valence-electron chi connectivity index (χ0n) is 11.3. The van der Waals surface area contributed by atoms with Crippen molar-refractivity contribution in [1.82, 2.24) is 25.5 Å². The lowest BCUT2D eigenvalue weighted by atomic mass is 10.1. The maximum absolute atomic E-state index is 12.1. The first-order valence-corrected chi connectivity index (χ1v) is 7.70. The fraction of sp³-hybridized carbons (Fsp3) is 0.385. The number of tetrazole rings is 1. The van der Waals surface area contributed by atoms with Crippen LogP contribution in [0.3, 0.4) is 0 Å². The fourth-order valence-electron chi connectivity index (χ4n) is 2.25. The number of carbonyl (C=O) groups is 1. The number of hydrogen-bond donors (Lipinski definition) is 1. The van der Waals surface area contributed by atoms with Crippen LogP contribution in [-0.2, 0) is 10.5 Å². The predicted molar refractivity (Wildman–Crippen MR) is 77.3 cm³/mol. The van der Waals surface area contributed by atoms with Crippen molar-refractivity contribution in [1.29, 1.82) is 0 Å². The zero-order valence-corrected chi connectivity index (χ0v) is 12.1. The number of rotatable bonds is 5. The van der Waals surface area contributed by atoms with Crippen LogP contribution >= 0.6 is 11.8 Å². The van der Waals surface area contributed by atoms with Gasteiger partial charge in [-0.3, -0.25) is 4.79 Å². The van der Waals surface area contributed by atoms with Crippen LogP contribution in [0.2, 0.25) is 0 Å². The van der Waals surface area contributed by atoms with E-state index in [0.29, 0.717) is 12.4 Å². The molecule has 0 aromatic carbocycles. The second kappa shape index (κ2) is 6.57. The number of aromatic nitrogens is 4. The molecule has 2 aromatic heterocycles. The van der Waals surface area contributed by atoms with E-state index in [0.717, 1.165) is 24.5 Å². The van der Waals surface area contributed by atoms with Crippen molar-refractivity contribution in [2.24, 2.45) is 0 Å². The fourth-order valence-corrected chi connectivity index (χ4v) is 2.89. The summed E-state index contributed by atoms with van der Waals surface area (Å²) in [5.41, 5.74) is 0. The summed E-state index contributed by atoms with van der Waals surface area (Å²) in [5, 5.41) is 15.8. The Morgan fingerprint density at radius 3 is 3.33 bits per heavy atom. The Kier molecular flexibility index (Phi) is 4.34. The second-order valence-electron chi connectivity index (χ2n) is 4.73. The summed E-state index contributed by atoms with van der Waals surface area (Å²) < 4.78 is 5.22. The minimum absolute atomic E-state index is 0.0212. The lowest BCUT2D eigenvalue weighted by Gasteiger charge is -2.12. The van der Waals surface area contributed by atoms with Gasteiger partial charge in [-0.15, -0.1) is 22.0 Å². The number of likely N-dealkylation sites (tertiary alicyclic amines) is 1. The Bertz CT molecular complexity index is 596. The van der Waals surface area contributed by atoms with Crippen LogP contribution in [0.5, 0.6) is 0 Å². The van der Waals surface area contributed by atoms with Crippen molar-refractivity contribution < 1.29 is 9.21 Å². The first kappa shape index (κ1) is 13.9. The maximum atomic E-state index is 12.1. The standard InChI is InChI=1S/C13H15N5O2S/c19-12(4-7-21-9-11-2-1-6-20-11)18-5-3-10(8-18)13-14-16-17-15-13/h1-2,4,6-7,10H,3,5,8-9H2,(H,14,15,16,17)/b7-4+. The summed E-state index contributed by atoms with van der Waals surface area (Å²) in [5.74, 6) is 2.50. The molecule has 110 valence electrons. The van der Waals surface area contributed by atoms with E-state index in [-0.39, 0.29) is 11.8 Å². The van der Waals surface area contributed by atoms with Crippen molar-refractivity contribution in [2.45, 2.75) is 18.1 Å². The molecule has 1 aliphatic rings. The molecule has 1 atom stereocenters. The van der Waals surface area contributed by atoms with Crippen LogP contribution in [0, 0.1) is 0 Å². The largest absolute Gasteiger partial charge is 0.468 e. The summed E-state index contributed by atoms with van der Waals surface area (Å²) in [6, 6.07) is 3.77. The topological polar surface area (TPSA) is 87.9 Å². The van der Waals surface area contributed by atoms with E-state index in [9.17, 15) is 4.79 Å². The Balaban J connectivity index is 1.45. The van der Waals surface area contributed by atoms with Gasteiger partial charge in [0.05, 0.1) is 12.0 Å². The number of thioether (sulfide) groups is 1. The Morgan fingerprint density at radius 2 is 2.57 bits per heavy atom. The molecule has 0 spiro atoms. The van der Waals surface area contributed by atoms with Gasteiger partial charge in [0.25, 0.3) is 0 Å². The average Bonchev–Trinajstić information content (AvgIpc) is 3.25. The molecule has 3 heterocycles. The normalized spacial score (nSPS) is 18.7. The molecule has 21 heavy (non-hydrogen) atoms. The number of H-pyrrole nitrogens is 1. The highest BCUT2D eigenvalue weighted by molar-refractivity contribution is 8.01. The van der Waals surface area contributed by atoms with Crippen LogP contribution < -0.4 is 0 Å².